The van der Waals surface area contributed by atoms with Crippen LogP contribution in [0.25, 0.3) is 12.2 Å². The van der Waals surface area contributed by atoms with Gasteiger partial charge in [-0.3, -0.25) is 0 Å². The van der Waals surface area contributed by atoms with Gasteiger partial charge in [-0.25, -0.2) is 0 Å². The van der Waals surface area contributed by atoms with Gasteiger partial charge >= 0.3 is 227 Å². The Balaban J connectivity index is 1.91. The Morgan fingerprint density at radius 3 is 1.47 bits per heavy atom. The number of unbranched alkanes of at least 4 members (excludes halogenated alkanes) is 8. The molecular formula is C32H38Te2. The van der Waals surface area contributed by atoms with Crippen molar-refractivity contribution in [2.75, 3.05) is 0 Å². The molecule has 0 heterocycles. The summed E-state index contributed by atoms with van der Waals surface area (Å²) in [5.74, 6) is 13.1. The molecule has 0 N–H and O–H groups in total. The normalized spacial score (nSPS) is 10.8. The Labute approximate surface area is 225 Å². The van der Waals surface area contributed by atoms with E-state index in [1.165, 1.54) is 62.5 Å². The fourth-order valence-electron chi connectivity index (χ4n) is 3.28. The topological polar surface area (TPSA) is 0 Å². The van der Waals surface area contributed by atoms with Crippen LogP contribution in [0, 0.1) is 23.7 Å². The van der Waals surface area contributed by atoms with Crippen LogP contribution >= 0.6 is 0 Å². The first-order valence-electron chi connectivity index (χ1n) is 12.7. The van der Waals surface area contributed by atoms with Crippen molar-refractivity contribution in [2.24, 2.45) is 0 Å². The van der Waals surface area contributed by atoms with Gasteiger partial charge in [0.25, 0.3) is 0 Å². The van der Waals surface area contributed by atoms with Crippen LogP contribution in [0.1, 0.15) is 89.2 Å². The van der Waals surface area contributed by atoms with Crippen LogP contribution in [-0.2, 0) is 0 Å². The van der Waals surface area contributed by atoms with Crippen molar-refractivity contribution in [3.05, 3.63) is 71.8 Å². The summed E-state index contributed by atoms with van der Waals surface area (Å²) in [4.78, 5) is 0. The minimum atomic E-state index is -0.206. The Morgan fingerprint density at radius 1 is 0.588 bits per heavy atom. The van der Waals surface area contributed by atoms with Crippen molar-refractivity contribution in [2.45, 2.75) is 78.1 Å². The van der Waals surface area contributed by atoms with E-state index >= 15 is 0 Å². The summed E-state index contributed by atoms with van der Waals surface area (Å²) in [5, 5.41) is 0. The first-order valence-corrected chi connectivity index (χ1v) is 22.3. The van der Waals surface area contributed by atoms with E-state index in [1.807, 2.05) is 12.2 Å². The van der Waals surface area contributed by atoms with Crippen molar-refractivity contribution < 1.29 is 0 Å². The summed E-state index contributed by atoms with van der Waals surface area (Å²) in [6, 6.07) is 17.8. The quantitative estimate of drug-likeness (QED) is 0.123. The van der Waals surface area contributed by atoms with Crippen LogP contribution in [0.2, 0.25) is 0 Å². The van der Waals surface area contributed by atoms with Gasteiger partial charge in [-0.2, -0.15) is 0 Å². The third-order valence-electron chi connectivity index (χ3n) is 5.27. The molecule has 0 amide bonds. The number of hydrogen-bond acceptors (Lipinski definition) is 0. The fraction of sp³-hybridized carbons (Fsp3) is 0.375. The Kier molecular flexibility index (Phi) is 16.9. The van der Waals surface area contributed by atoms with E-state index in [-0.39, 0.29) is 34.1 Å². The van der Waals surface area contributed by atoms with Gasteiger partial charge in [-0.05, 0) is 0 Å². The van der Waals surface area contributed by atoms with Gasteiger partial charge in [0, 0.05) is 0 Å². The molecule has 0 aliphatic rings. The van der Waals surface area contributed by atoms with Gasteiger partial charge in [-0.1, -0.05) is 0 Å². The molecule has 178 valence electrons. The zero-order valence-corrected chi connectivity index (χ0v) is 25.5. The average molecular weight is 678 g/mol. The number of allylic oxidation sites excluding steroid dienone is 2. The van der Waals surface area contributed by atoms with Gasteiger partial charge in [-0.15, -0.1) is 0 Å². The van der Waals surface area contributed by atoms with Crippen LogP contribution in [0.5, 0.6) is 0 Å². The number of hydrogen-bond donors (Lipinski definition) is 0. The van der Waals surface area contributed by atoms with Crippen LogP contribution in [0.4, 0.5) is 0 Å². The molecule has 2 aromatic carbocycles. The molecule has 0 atom stereocenters. The maximum absolute atomic E-state index is 3.30. The number of benzene rings is 2. The summed E-state index contributed by atoms with van der Waals surface area (Å²) in [6.45, 7) is 4.50. The van der Waals surface area contributed by atoms with Crippen LogP contribution in [0.3, 0.4) is 0 Å². The van der Waals surface area contributed by atoms with E-state index in [4.69, 9.17) is 0 Å². The van der Waals surface area contributed by atoms with E-state index in [0.717, 1.165) is 12.8 Å². The average Bonchev–Trinajstić information content (AvgIpc) is 2.87. The van der Waals surface area contributed by atoms with E-state index in [2.05, 4.69) is 98.2 Å². The van der Waals surface area contributed by atoms with Crippen molar-refractivity contribution in [1.29, 1.82) is 0 Å². The molecule has 34 heavy (non-hydrogen) atoms. The van der Waals surface area contributed by atoms with Crippen molar-refractivity contribution in [3.8, 4) is 23.7 Å². The SMILES string of the molecule is CCCCCCC#C/C=C\c1ccccc1[Te][Te]c1ccccc1/C=C\C#CCCCCCC. The van der Waals surface area contributed by atoms with Gasteiger partial charge in [0.05, 0.1) is 0 Å². The molecular weight excluding hydrogens is 640 g/mol. The second-order valence-corrected chi connectivity index (χ2v) is 18.0. The molecule has 0 radical (unpaired) electrons. The molecule has 2 aromatic rings. The predicted molar refractivity (Wildman–Crippen MR) is 155 cm³/mol. The zero-order chi connectivity index (χ0) is 24.1. The molecule has 0 aliphatic heterocycles. The molecule has 0 nitrogen and oxygen atoms in total. The van der Waals surface area contributed by atoms with Gasteiger partial charge in [0.2, 0.25) is 0 Å². The molecule has 0 saturated heterocycles. The first-order chi connectivity index (χ1) is 16.8. The van der Waals surface area contributed by atoms with Crippen LogP contribution in [-0.4, -0.2) is 34.1 Å². The standard InChI is InChI=1S/C32H38Te2/c1-3-5-7-9-11-13-15-17-23-29-25-19-21-27-31(29)33-34-32-28-22-20-26-30(32)24-18-16-14-12-10-8-6-4-2/h17-28H,3-12H2,1-2H3/b23-17-,24-18-. The second kappa shape index (κ2) is 19.9. The van der Waals surface area contributed by atoms with Gasteiger partial charge in [0.1, 0.15) is 0 Å². The second-order valence-electron chi connectivity index (χ2n) is 8.17. The van der Waals surface area contributed by atoms with E-state index in [9.17, 15) is 0 Å². The third-order valence-corrected chi connectivity index (χ3v) is 17.1. The minimum absolute atomic E-state index is 0.206. The zero-order valence-electron chi connectivity index (χ0n) is 20.8. The molecule has 0 aliphatic carbocycles. The molecule has 0 saturated carbocycles. The Morgan fingerprint density at radius 2 is 1.03 bits per heavy atom. The summed E-state index contributed by atoms with van der Waals surface area (Å²) in [5.41, 5.74) is 2.72. The summed E-state index contributed by atoms with van der Waals surface area (Å²) in [7, 11) is 0. The van der Waals surface area contributed by atoms with Gasteiger partial charge in [0.15, 0.2) is 0 Å². The maximum atomic E-state index is 3.30. The first kappa shape index (κ1) is 28.9. The van der Waals surface area contributed by atoms with E-state index in [0.29, 0.717) is 0 Å². The predicted octanol–water partition coefficient (Wildman–Crippen LogP) is 6.93. The van der Waals surface area contributed by atoms with Crippen LogP contribution in [0.15, 0.2) is 60.7 Å². The van der Waals surface area contributed by atoms with Crippen molar-refractivity contribution >= 4 is 53.5 Å². The number of rotatable bonds is 13. The molecule has 2 heteroatoms. The summed E-state index contributed by atoms with van der Waals surface area (Å²) in [6.07, 6.45) is 20.8. The molecule has 0 bridgehead atoms. The summed E-state index contributed by atoms with van der Waals surface area (Å²) < 4.78 is 3.11. The van der Waals surface area contributed by atoms with E-state index < -0.39 is 0 Å². The van der Waals surface area contributed by atoms with Crippen molar-refractivity contribution in [1.82, 2.24) is 0 Å². The molecule has 0 unspecified atom stereocenters. The Hall–Kier alpha value is -1.38. The summed E-state index contributed by atoms with van der Waals surface area (Å²) >= 11 is -0.411. The van der Waals surface area contributed by atoms with Gasteiger partial charge < -0.3 is 0 Å². The third kappa shape index (κ3) is 12.9. The fourth-order valence-corrected chi connectivity index (χ4v) is 15.1. The molecule has 0 spiro atoms. The molecule has 0 aromatic heterocycles. The monoisotopic (exact) mass is 682 g/mol. The molecule has 0 fully saturated rings. The van der Waals surface area contributed by atoms with Crippen LogP contribution < -0.4 is 7.22 Å². The van der Waals surface area contributed by atoms with E-state index in [1.54, 1.807) is 7.22 Å². The molecule has 2 rings (SSSR count). The Bertz CT molecular complexity index is 925. The van der Waals surface area contributed by atoms with Crippen molar-refractivity contribution in [3.63, 3.8) is 0 Å².